The van der Waals surface area contributed by atoms with Gasteiger partial charge in [0, 0.05) is 6.54 Å². The van der Waals surface area contributed by atoms with Crippen molar-refractivity contribution >= 4 is 0 Å². The van der Waals surface area contributed by atoms with Crippen LogP contribution in [0.3, 0.4) is 0 Å². The fraction of sp³-hybridized carbons (Fsp3) is 0.333. The number of hydrogen-bond acceptors (Lipinski definition) is 1. The standard InChI is InChI=1S/C18H20FN/c19-18-7-2-1-4-16(18)10-11-20-13-14-8-9-15-5-3-6-17(15)12-14/h1-2,4,7-9,12,20H,3,5-6,10-11,13H2. The third kappa shape index (κ3) is 3.07. The molecule has 0 aromatic heterocycles. The summed E-state index contributed by atoms with van der Waals surface area (Å²) in [6, 6.07) is 13.8. The zero-order chi connectivity index (χ0) is 13.8. The minimum absolute atomic E-state index is 0.105. The highest BCUT2D eigenvalue weighted by Gasteiger charge is 2.10. The van der Waals surface area contributed by atoms with Crippen LogP contribution in [0.4, 0.5) is 4.39 Å². The van der Waals surface area contributed by atoms with Gasteiger partial charge in [0.25, 0.3) is 0 Å². The zero-order valence-electron chi connectivity index (χ0n) is 11.7. The van der Waals surface area contributed by atoms with Gasteiger partial charge in [0.2, 0.25) is 0 Å². The molecule has 3 rings (SSSR count). The molecule has 2 aromatic carbocycles. The third-order valence-corrected chi connectivity index (χ3v) is 4.02. The topological polar surface area (TPSA) is 12.0 Å². The Morgan fingerprint density at radius 3 is 2.75 bits per heavy atom. The number of nitrogens with one attached hydrogen (secondary N) is 1. The highest BCUT2D eigenvalue weighted by molar-refractivity contribution is 5.35. The number of hydrogen-bond donors (Lipinski definition) is 1. The lowest BCUT2D eigenvalue weighted by atomic mass is 10.1. The summed E-state index contributed by atoms with van der Waals surface area (Å²) in [4.78, 5) is 0. The molecule has 1 aliphatic carbocycles. The first kappa shape index (κ1) is 13.3. The molecule has 104 valence electrons. The Hall–Kier alpha value is -1.67. The van der Waals surface area contributed by atoms with Gasteiger partial charge < -0.3 is 5.32 Å². The molecule has 0 atom stereocenters. The number of aryl methyl sites for hydroxylation is 2. The van der Waals surface area contributed by atoms with Gasteiger partial charge in [-0.25, -0.2) is 4.39 Å². The first-order valence-electron chi connectivity index (χ1n) is 7.38. The predicted octanol–water partition coefficient (Wildman–Crippen LogP) is 3.65. The Bertz CT molecular complexity index is 592. The van der Waals surface area contributed by atoms with E-state index in [1.807, 2.05) is 12.1 Å². The normalized spacial score (nSPS) is 13.4. The molecule has 20 heavy (non-hydrogen) atoms. The molecule has 0 unspecified atom stereocenters. The van der Waals surface area contributed by atoms with Crippen LogP contribution >= 0.6 is 0 Å². The molecular weight excluding hydrogens is 249 g/mol. The van der Waals surface area contributed by atoms with Gasteiger partial charge in [-0.3, -0.25) is 0 Å². The number of fused-ring (bicyclic) bond motifs is 1. The van der Waals surface area contributed by atoms with E-state index in [2.05, 4.69) is 23.5 Å². The van der Waals surface area contributed by atoms with Gasteiger partial charge in [0.1, 0.15) is 5.82 Å². The van der Waals surface area contributed by atoms with Crippen molar-refractivity contribution in [3.63, 3.8) is 0 Å². The summed E-state index contributed by atoms with van der Waals surface area (Å²) in [5.41, 5.74) is 5.15. The van der Waals surface area contributed by atoms with Crippen LogP contribution in [0.5, 0.6) is 0 Å². The smallest absolute Gasteiger partial charge is 0.126 e. The molecule has 0 amide bonds. The minimum atomic E-state index is -0.105. The highest BCUT2D eigenvalue weighted by atomic mass is 19.1. The van der Waals surface area contributed by atoms with Crippen LogP contribution in [-0.2, 0) is 25.8 Å². The van der Waals surface area contributed by atoms with E-state index in [-0.39, 0.29) is 5.82 Å². The number of rotatable bonds is 5. The van der Waals surface area contributed by atoms with E-state index in [4.69, 9.17) is 0 Å². The average molecular weight is 269 g/mol. The summed E-state index contributed by atoms with van der Waals surface area (Å²) in [7, 11) is 0. The zero-order valence-corrected chi connectivity index (χ0v) is 11.7. The van der Waals surface area contributed by atoms with E-state index in [9.17, 15) is 4.39 Å². The second-order valence-corrected chi connectivity index (χ2v) is 5.47. The van der Waals surface area contributed by atoms with Gasteiger partial charge in [-0.1, -0.05) is 36.4 Å². The van der Waals surface area contributed by atoms with E-state index in [0.29, 0.717) is 0 Å². The summed E-state index contributed by atoms with van der Waals surface area (Å²) >= 11 is 0. The van der Waals surface area contributed by atoms with Crippen LogP contribution in [0.1, 0.15) is 28.7 Å². The van der Waals surface area contributed by atoms with Gasteiger partial charge in [0.15, 0.2) is 0 Å². The van der Waals surface area contributed by atoms with E-state index >= 15 is 0 Å². The minimum Gasteiger partial charge on any atom is -0.312 e. The van der Waals surface area contributed by atoms with Crippen molar-refractivity contribution < 1.29 is 4.39 Å². The molecule has 0 saturated heterocycles. The molecule has 0 saturated carbocycles. The Labute approximate surface area is 119 Å². The summed E-state index contributed by atoms with van der Waals surface area (Å²) in [6.45, 7) is 1.67. The quantitative estimate of drug-likeness (QED) is 0.817. The van der Waals surface area contributed by atoms with Crippen LogP contribution in [-0.4, -0.2) is 6.54 Å². The summed E-state index contributed by atoms with van der Waals surface area (Å²) in [5, 5.41) is 3.40. The molecule has 1 N–H and O–H groups in total. The van der Waals surface area contributed by atoms with Crippen molar-refractivity contribution in [3.05, 3.63) is 70.5 Å². The third-order valence-electron chi connectivity index (χ3n) is 4.02. The lowest BCUT2D eigenvalue weighted by Crippen LogP contribution is -2.17. The van der Waals surface area contributed by atoms with Crippen LogP contribution < -0.4 is 5.32 Å². The lowest BCUT2D eigenvalue weighted by molar-refractivity contribution is 0.598. The van der Waals surface area contributed by atoms with E-state index < -0.39 is 0 Å². The fourth-order valence-electron chi connectivity index (χ4n) is 2.89. The maximum Gasteiger partial charge on any atom is 0.126 e. The molecule has 2 aromatic rings. The summed E-state index contributed by atoms with van der Waals surface area (Å²) in [5.74, 6) is -0.105. The van der Waals surface area contributed by atoms with Crippen molar-refractivity contribution in [3.8, 4) is 0 Å². The van der Waals surface area contributed by atoms with E-state index in [1.165, 1.54) is 42.0 Å². The molecule has 0 fully saturated rings. The number of benzene rings is 2. The second-order valence-electron chi connectivity index (χ2n) is 5.47. The first-order valence-corrected chi connectivity index (χ1v) is 7.38. The SMILES string of the molecule is Fc1ccccc1CCNCc1ccc2c(c1)CCC2. The molecule has 1 aliphatic rings. The predicted molar refractivity (Wildman–Crippen MR) is 80.3 cm³/mol. The second kappa shape index (κ2) is 6.19. The first-order chi connectivity index (χ1) is 9.83. The van der Waals surface area contributed by atoms with Gasteiger partial charge in [-0.05, 0) is 60.5 Å². The molecule has 0 aliphatic heterocycles. The summed E-state index contributed by atoms with van der Waals surface area (Å²) < 4.78 is 13.5. The Morgan fingerprint density at radius 1 is 1.00 bits per heavy atom. The van der Waals surface area contributed by atoms with Crippen LogP contribution in [0.25, 0.3) is 0 Å². The largest absolute Gasteiger partial charge is 0.312 e. The van der Waals surface area contributed by atoms with Gasteiger partial charge in [-0.15, -0.1) is 0 Å². The van der Waals surface area contributed by atoms with Crippen LogP contribution in [0, 0.1) is 5.82 Å². The summed E-state index contributed by atoms with van der Waals surface area (Å²) in [6.07, 6.45) is 4.48. The molecule has 1 nitrogen and oxygen atoms in total. The van der Waals surface area contributed by atoms with E-state index in [0.717, 1.165) is 25.1 Å². The molecule has 0 heterocycles. The maximum atomic E-state index is 13.5. The highest BCUT2D eigenvalue weighted by Crippen LogP contribution is 2.22. The van der Waals surface area contributed by atoms with Crippen LogP contribution in [0.2, 0.25) is 0 Å². The van der Waals surface area contributed by atoms with Crippen molar-refractivity contribution in [1.82, 2.24) is 5.32 Å². The van der Waals surface area contributed by atoms with Gasteiger partial charge >= 0.3 is 0 Å². The lowest BCUT2D eigenvalue weighted by Gasteiger charge is -2.08. The molecule has 0 radical (unpaired) electrons. The van der Waals surface area contributed by atoms with Crippen molar-refractivity contribution in [1.29, 1.82) is 0 Å². The van der Waals surface area contributed by atoms with Crippen molar-refractivity contribution in [2.24, 2.45) is 0 Å². The molecule has 0 spiro atoms. The van der Waals surface area contributed by atoms with E-state index in [1.54, 1.807) is 6.07 Å². The Balaban J connectivity index is 1.49. The van der Waals surface area contributed by atoms with Crippen LogP contribution in [0.15, 0.2) is 42.5 Å². The molecule has 0 bridgehead atoms. The van der Waals surface area contributed by atoms with Gasteiger partial charge in [-0.2, -0.15) is 0 Å². The van der Waals surface area contributed by atoms with Gasteiger partial charge in [0.05, 0.1) is 0 Å². The van der Waals surface area contributed by atoms with Crippen molar-refractivity contribution in [2.45, 2.75) is 32.2 Å². The van der Waals surface area contributed by atoms with Crippen molar-refractivity contribution in [2.75, 3.05) is 6.54 Å². The fourth-order valence-corrected chi connectivity index (χ4v) is 2.89. The Morgan fingerprint density at radius 2 is 1.85 bits per heavy atom. The monoisotopic (exact) mass is 269 g/mol. The average Bonchev–Trinajstić information content (AvgIpc) is 2.93. The number of halogens is 1. The Kier molecular flexibility index (Phi) is 4.12. The molecule has 2 heteroatoms. The maximum absolute atomic E-state index is 13.5. The molecular formula is C18H20FN.